The van der Waals surface area contributed by atoms with Gasteiger partial charge in [0.25, 0.3) is 0 Å². The molecule has 0 saturated carbocycles. The first kappa shape index (κ1) is 15.1. The van der Waals surface area contributed by atoms with E-state index in [4.69, 9.17) is 14.7 Å². The van der Waals surface area contributed by atoms with Crippen LogP contribution in [0, 0.1) is 17.1 Å². The SMILES string of the molecule is COCCOCCC(=O)Nc1ccc(F)c(C#N)c1. The molecule has 0 heterocycles. The fourth-order valence-corrected chi connectivity index (χ4v) is 1.32. The van der Waals surface area contributed by atoms with Crippen LogP contribution in [0.1, 0.15) is 12.0 Å². The number of nitrogens with zero attached hydrogens (tertiary/aromatic N) is 1. The summed E-state index contributed by atoms with van der Waals surface area (Å²) in [6.45, 7) is 1.19. The zero-order valence-electron chi connectivity index (χ0n) is 10.6. The van der Waals surface area contributed by atoms with Gasteiger partial charge in [0.2, 0.25) is 5.91 Å². The van der Waals surface area contributed by atoms with Crippen molar-refractivity contribution in [2.75, 3.05) is 32.2 Å². The van der Waals surface area contributed by atoms with Gasteiger partial charge >= 0.3 is 0 Å². The lowest BCUT2D eigenvalue weighted by molar-refractivity contribution is -0.117. The van der Waals surface area contributed by atoms with Crippen molar-refractivity contribution in [2.45, 2.75) is 6.42 Å². The molecule has 0 aliphatic rings. The number of anilines is 1. The second-order valence-corrected chi connectivity index (χ2v) is 3.71. The van der Waals surface area contributed by atoms with Crippen molar-refractivity contribution in [1.29, 1.82) is 5.26 Å². The molecule has 0 aliphatic carbocycles. The first-order chi connectivity index (χ1) is 9.17. The third-order valence-electron chi connectivity index (χ3n) is 2.28. The number of nitrogens with one attached hydrogen (secondary N) is 1. The molecule has 0 fully saturated rings. The number of hydrogen-bond acceptors (Lipinski definition) is 4. The van der Waals surface area contributed by atoms with E-state index in [9.17, 15) is 9.18 Å². The Morgan fingerprint density at radius 3 is 2.89 bits per heavy atom. The van der Waals surface area contributed by atoms with E-state index < -0.39 is 5.82 Å². The van der Waals surface area contributed by atoms with E-state index in [2.05, 4.69) is 5.32 Å². The fourth-order valence-electron chi connectivity index (χ4n) is 1.32. The topological polar surface area (TPSA) is 71.3 Å². The van der Waals surface area contributed by atoms with Crippen molar-refractivity contribution in [3.63, 3.8) is 0 Å². The van der Waals surface area contributed by atoms with E-state index in [-0.39, 0.29) is 24.5 Å². The maximum atomic E-state index is 13.1. The Hall–Kier alpha value is -1.97. The van der Waals surface area contributed by atoms with Crippen LogP contribution in [0.2, 0.25) is 0 Å². The minimum absolute atomic E-state index is 0.103. The summed E-state index contributed by atoms with van der Waals surface area (Å²) in [5, 5.41) is 11.2. The Labute approximate surface area is 110 Å². The van der Waals surface area contributed by atoms with Crippen LogP contribution in [0.3, 0.4) is 0 Å². The van der Waals surface area contributed by atoms with E-state index in [1.807, 2.05) is 0 Å². The largest absolute Gasteiger partial charge is 0.382 e. The van der Waals surface area contributed by atoms with E-state index in [0.29, 0.717) is 18.9 Å². The maximum Gasteiger partial charge on any atom is 0.226 e. The molecule has 0 spiro atoms. The molecule has 102 valence electrons. The third kappa shape index (κ3) is 5.46. The summed E-state index contributed by atoms with van der Waals surface area (Å²) in [5.74, 6) is -0.865. The smallest absolute Gasteiger partial charge is 0.226 e. The molecule has 1 amide bonds. The van der Waals surface area contributed by atoms with Crippen molar-refractivity contribution in [3.05, 3.63) is 29.6 Å². The molecule has 1 rings (SSSR count). The van der Waals surface area contributed by atoms with Crippen LogP contribution in [0.5, 0.6) is 0 Å². The number of ether oxygens (including phenoxy) is 2. The van der Waals surface area contributed by atoms with Gasteiger partial charge in [-0.2, -0.15) is 5.26 Å². The lowest BCUT2D eigenvalue weighted by Gasteiger charge is -2.06. The summed E-state index contributed by atoms with van der Waals surface area (Å²) in [6.07, 6.45) is 0.184. The van der Waals surface area contributed by atoms with Crippen molar-refractivity contribution in [2.24, 2.45) is 0 Å². The first-order valence-electron chi connectivity index (χ1n) is 5.73. The van der Waals surface area contributed by atoms with E-state index >= 15 is 0 Å². The molecule has 0 bridgehead atoms. The van der Waals surface area contributed by atoms with E-state index in [1.54, 1.807) is 13.2 Å². The summed E-state index contributed by atoms with van der Waals surface area (Å²) in [4.78, 5) is 11.5. The zero-order chi connectivity index (χ0) is 14.1. The fraction of sp³-hybridized carbons (Fsp3) is 0.385. The van der Waals surface area contributed by atoms with Gasteiger partial charge in [0.05, 0.1) is 31.8 Å². The summed E-state index contributed by atoms with van der Waals surface area (Å²) >= 11 is 0. The molecular formula is C13H15FN2O3. The molecule has 0 aliphatic heterocycles. The monoisotopic (exact) mass is 266 g/mol. The van der Waals surface area contributed by atoms with Crippen LogP contribution in [0.15, 0.2) is 18.2 Å². The minimum atomic E-state index is -0.608. The highest BCUT2D eigenvalue weighted by Gasteiger charge is 2.06. The molecule has 0 saturated heterocycles. The van der Waals surface area contributed by atoms with Crippen molar-refractivity contribution >= 4 is 11.6 Å². The van der Waals surface area contributed by atoms with Crippen molar-refractivity contribution < 1.29 is 18.7 Å². The van der Waals surface area contributed by atoms with Crippen LogP contribution < -0.4 is 5.32 Å². The van der Waals surface area contributed by atoms with Crippen LogP contribution in [0.25, 0.3) is 0 Å². The van der Waals surface area contributed by atoms with Gasteiger partial charge in [0.1, 0.15) is 11.9 Å². The average molecular weight is 266 g/mol. The van der Waals surface area contributed by atoms with Gasteiger partial charge in [-0.15, -0.1) is 0 Å². The maximum absolute atomic E-state index is 13.1. The van der Waals surface area contributed by atoms with Crippen LogP contribution in [-0.4, -0.2) is 32.8 Å². The summed E-state index contributed by atoms with van der Waals surface area (Å²) in [7, 11) is 1.57. The van der Waals surface area contributed by atoms with Crippen molar-refractivity contribution in [3.8, 4) is 6.07 Å². The molecule has 0 aromatic heterocycles. The Bertz CT molecular complexity index is 471. The number of benzene rings is 1. The molecule has 5 nitrogen and oxygen atoms in total. The predicted octanol–water partition coefficient (Wildman–Crippen LogP) is 1.69. The Kier molecular flexibility index (Phi) is 6.50. The number of methoxy groups -OCH3 is 1. The van der Waals surface area contributed by atoms with Crippen LogP contribution in [-0.2, 0) is 14.3 Å². The van der Waals surface area contributed by atoms with Gasteiger partial charge in [-0.05, 0) is 18.2 Å². The Morgan fingerprint density at radius 2 is 2.21 bits per heavy atom. The van der Waals surface area contributed by atoms with Gasteiger partial charge in [-0.25, -0.2) is 4.39 Å². The van der Waals surface area contributed by atoms with Crippen molar-refractivity contribution in [1.82, 2.24) is 0 Å². The molecule has 1 aromatic carbocycles. The quantitative estimate of drug-likeness (QED) is 0.762. The standard InChI is InChI=1S/C13H15FN2O3/c1-18-6-7-19-5-4-13(17)16-11-2-3-12(14)10(8-11)9-15/h2-3,8H,4-7H2,1H3,(H,16,17). The summed E-state index contributed by atoms with van der Waals surface area (Å²) in [6, 6.07) is 5.55. The molecule has 0 atom stereocenters. The molecule has 0 radical (unpaired) electrons. The minimum Gasteiger partial charge on any atom is -0.382 e. The predicted molar refractivity (Wildman–Crippen MR) is 67.1 cm³/mol. The van der Waals surface area contributed by atoms with Gasteiger partial charge in [0, 0.05) is 12.8 Å². The lowest BCUT2D eigenvalue weighted by Crippen LogP contribution is -2.15. The normalized spacial score (nSPS) is 9.95. The van der Waals surface area contributed by atoms with Crippen LogP contribution in [0.4, 0.5) is 10.1 Å². The van der Waals surface area contributed by atoms with Gasteiger partial charge in [-0.1, -0.05) is 0 Å². The highest BCUT2D eigenvalue weighted by molar-refractivity contribution is 5.90. The molecule has 1 N–H and O–H groups in total. The second-order valence-electron chi connectivity index (χ2n) is 3.71. The highest BCUT2D eigenvalue weighted by Crippen LogP contribution is 2.13. The van der Waals surface area contributed by atoms with Gasteiger partial charge in [-0.3, -0.25) is 4.79 Å². The van der Waals surface area contributed by atoms with Crippen LogP contribution >= 0.6 is 0 Å². The van der Waals surface area contributed by atoms with Gasteiger partial charge in [0.15, 0.2) is 0 Å². The Morgan fingerprint density at radius 1 is 1.42 bits per heavy atom. The summed E-state index contributed by atoms with van der Waals surface area (Å²) < 4.78 is 23.0. The zero-order valence-corrected chi connectivity index (χ0v) is 10.6. The number of halogens is 1. The Balaban J connectivity index is 2.38. The molecular weight excluding hydrogens is 251 g/mol. The molecule has 0 unspecified atom stereocenters. The molecule has 1 aromatic rings. The highest BCUT2D eigenvalue weighted by atomic mass is 19.1. The van der Waals surface area contributed by atoms with Gasteiger partial charge < -0.3 is 14.8 Å². The number of hydrogen-bond donors (Lipinski definition) is 1. The number of nitriles is 1. The average Bonchev–Trinajstić information content (AvgIpc) is 2.40. The molecule has 6 heteroatoms. The van der Waals surface area contributed by atoms with E-state index in [1.165, 1.54) is 12.1 Å². The lowest BCUT2D eigenvalue weighted by atomic mass is 10.2. The van der Waals surface area contributed by atoms with E-state index in [0.717, 1.165) is 6.07 Å². The number of amides is 1. The molecule has 19 heavy (non-hydrogen) atoms. The second kappa shape index (κ2) is 8.19. The number of rotatable bonds is 7. The summed E-state index contributed by atoms with van der Waals surface area (Å²) in [5.41, 5.74) is 0.286. The number of carbonyl (C=O) groups excluding carboxylic acids is 1. The first-order valence-corrected chi connectivity index (χ1v) is 5.73. The number of carbonyl (C=O) groups is 1. The third-order valence-corrected chi connectivity index (χ3v) is 2.28.